The fourth-order valence-corrected chi connectivity index (χ4v) is 13.6. The average Bonchev–Trinajstić information content (AvgIpc) is 3.98. The highest BCUT2D eigenvalue weighted by molar-refractivity contribution is 7.03. The lowest BCUT2D eigenvalue weighted by molar-refractivity contribution is 1.16. The first-order valence-corrected chi connectivity index (χ1v) is 25.4. The molecule has 5 nitrogen and oxygen atoms in total. The number of para-hydroxylation sites is 8. The molecular formula is C66H41B2N5. The largest absolute Gasteiger partial charge is 0.311 e. The molecule has 0 fully saturated rings. The van der Waals surface area contributed by atoms with E-state index in [2.05, 4.69) is 273 Å². The lowest BCUT2D eigenvalue weighted by atomic mass is 9.30. The normalized spacial score (nSPS) is 13.4. The van der Waals surface area contributed by atoms with Crippen molar-refractivity contribution in [1.82, 2.24) is 9.13 Å². The van der Waals surface area contributed by atoms with Crippen LogP contribution in [-0.2, 0) is 0 Å². The highest BCUT2D eigenvalue weighted by Crippen LogP contribution is 2.49. The predicted molar refractivity (Wildman–Crippen MR) is 308 cm³/mol. The maximum atomic E-state index is 2.64. The van der Waals surface area contributed by atoms with Crippen LogP contribution in [0.25, 0.3) is 55.0 Å². The number of nitrogens with zero attached hydrogens (tertiary/aromatic N) is 5. The van der Waals surface area contributed by atoms with E-state index in [1.807, 2.05) is 0 Å². The Morgan fingerprint density at radius 1 is 0.274 bits per heavy atom. The molecule has 0 aliphatic carbocycles. The Kier molecular flexibility index (Phi) is 7.84. The first-order valence-electron chi connectivity index (χ1n) is 25.4. The van der Waals surface area contributed by atoms with Gasteiger partial charge in [-0.25, -0.2) is 0 Å². The van der Waals surface area contributed by atoms with Crippen molar-refractivity contribution in [2.24, 2.45) is 0 Å². The highest BCUT2D eigenvalue weighted by atomic mass is 15.2. The molecule has 73 heavy (non-hydrogen) atoms. The third kappa shape index (κ3) is 5.17. The third-order valence-corrected chi connectivity index (χ3v) is 16.4. The lowest BCUT2D eigenvalue weighted by Gasteiger charge is -2.45. The molecule has 0 unspecified atom stereocenters. The Bertz CT molecular complexity index is 4430. The minimum Gasteiger partial charge on any atom is -0.311 e. The van der Waals surface area contributed by atoms with Crippen molar-refractivity contribution in [2.45, 2.75) is 0 Å². The van der Waals surface area contributed by atoms with Gasteiger partial charge in [0.1, 0.15) is 0 Å². The van der Waals surface area contributed by atoms with Crippen molar-refractivity contribution in [3.63, 3.8) is 0 Å². The summed E-state index contributed by atoms with van der Waals surface area (Å²) in [6, 6.07) is 92.8. The quantitative estimate of drug-likeness (QED) is 0.160. The van der Waals surface area contributed by atoms with Gasteiger partial charge in [0, 0.05) is 78.4 Å². The van der Waals surface area contributed by atoms with E-state index < -0.39 is 0 Å². The number of fused-ring (bicyclic) bond motifs is 16. The van der Waals surface area contributed by atoms with Gasteiger partial charge in [-0.3, -0.25) is 0 Å². The van der Waals surface area contributed by atoms with Gasteiger partial charge in [-0.05, 0) is 130 Å². The standard InChI is InChI=1S/C66H41B2N5/c1-5-21-42(22-6-1)69(43-23-7-2-8-24-43)46-37-61-63-62(38-46)71(45-27-11-4-12-28-45)59-41-60-54(40-53(59)67(63)51-31-15-19-35-57(51)70(61)44-25-9-3-10-26-44)68-52-32-16-20-36-58(52)72-55-33-17-13-29-47(55)49-39-50-48-30-14-18-34-56(48)73(60)66(50)64(68)65(49)72/h1-41H. The smallest absolute Gasteiger partial charge is 0.252 e. The molecule has 0 atom stereocenters. The predicted octanol–water partition coefficient (Wildman–Crippen LogP) is 12.6. The first kappa shape index (κ1) is 39.3. The lowest BCUT2D eigenvalue weighted by Crippen LogP contribution is -2.64. The summed E-state index contributed by atoms with van der Waals surface area (Å²) in [4.78, 5) is 7.51. The van der Waals surface area contributed by atoms with Crippen LogP contribution in [0.15, 0.2) is 249 Å². The van der Waals surface area contributed by atoms with Gasteiger partial charge in [0.2, 0.25) is 0 Å². The van der Waals surface area contributed by atoms with Gasteiger partial charge in [0.15, 0.2) is 0 Å². The van der Waals surface area contributed by atoms with Crippen molar-refractivity contribution in [3.8, 4) is 11.4 Å². The van der Waals surface area contributed by atoms with Gasteiger partial charge in [-0.2, -0.15) is 0 Å². The number of benzene rings is 11. The fourth-order valence-electron chi connectivity index (χ4n) is 13.6. The maximum absolute atomic E-state index is 2.64. The molecule has 6 heterocycles. The van der Waals surface area contributed by atoms with Crippen LogP contribution in [-0.4, -0.2) is 22.6 Å². The van der Waals surface area contributed by atoms with Crippen LogP contribution < -0.4 is 47.5 Å². The molecule has 0 spiro atoms. The molecule has 0 saturated heterocycles. The van der Waals surface area contributed by atoms with Crippen LogP contribution in [0.1, 0.15) is 0 Å². The van der Waals surface area contributed by atoms with Crippen LogP contribution in [0.4, 0.5) is 51.2 Å². The van der Waals surface area contributed by atoms with E-state index in [0.717, 1.165) is 34.1 Å². The van der Waals surface area contributed by atoms with E-state index in [0.29, 0.717) is 0 Å². The molecule has 7 heteroatoms. The summed E-state index contributed by atoms with van der Waals surface area (Å²) in [5.41, 5.74) is 25.8. The Balaban J connectivity index is 1.03. The summed E-state index contributed by atoms with van der Waals surface area (Å²) in [7, 11) is 0. The molecule has 336 valence electrons. The minimum atomic E-state index is -0.0822. The van der Waals surface area contributed by atoms with Crippen molar-refractivity contribution in [3.05, 3.63) is 249 Å². The summed E-state index contributed by atoms with van der Waals surface area (Å²) < 4.78 is 5.19. The van der Waals surface area contributed by atoms with E-state index in [-0.39, 0.29) is 13.4 Å². The van der Waals surface area contributed by atoms with Gasteiger partial charge in [0.05, 0.1) is 27.8 Å². The highest BCUT2D eigenvalue weighted by Gasteiger charge is 2.47. The van der Waals surface area contributed by atoms with Crippen LogP contribution >= 0.6 is 0 Å². The molecule has 0 saturated carbocycles. The fraction of sp³-hybridized carbons (Fsp3) is 0. The topological polar surface area (TPSA) is 19.6 Å². The van der Waals surface area contributed by atoms with E-state index in [4.69, 9.17) is 0 Å². The molecule has 0 N–H and O–H groups in total. The van der Waals surface area contributed by atoms with Crippen molar-refractivity contribution in [2.75, 3.05) is 14.7 Å². The van der Waals surface area contributed by atoms with Crippen LogP contribution in [0.3, 0.4) is 0 Å². The molecule has 17 rings (SSSR count). The SMILES string of the molecule is c1ccc(N(c2ccccc2)c2cc3c4c(c2)N(c2ccccc2)c2cc5c(cc2B4c2ccccc2N3c2ccccc2)B2c3ccccc3-n3c4ccccc4c4cc6c7ccccc7n-5c6c2c43)cc1. The number of hydrogen-bond donors (Lipinski definition) is 0. The maximum Gasteiger partial charge on any atom is 0.252 e. The van der Waals surface area contributed by atoms with Gasteiger partial charge in [0.25, 0.3) is 13.4 Å². The van der Waals surface area contributed by atoms with Crippen LogP contribution in [0, 0.1) is 0 Å². The summed E-state index contributed by atoms with van der Waals surface area (Å²) in [5, 5.41) is 5.19. The molecular weight excluding hydrogens is 884 g/mol. The second-order valence-corrected chi connectivity index (χ2v) is 20.0. The number of aromatic nitrogens is 2. The summed E-state index contributed by atoms with van der Waals surface area (Å²) in [6.45, 7) is -0.0871. The zero-order valence-corrected chi connectivity index (χ0v) is 39.6. The third-order valence-electron chi connectivity index (χ3n) is 16.4. The second-order valence-electron chi connectivity index (χ2n) is 20.0. The van der Waals surface area contributed by atoms with Gasteiger partial charge in [-0.15, -0.1) is 0 Å². The van der Waals surface area contributed by atoms with Gasteiger partial charge >= 0.3 is 0 Å². The van der Waals surface area contributed by atoms with E-state index in [1.165, 1.54) is 105 Å². The second kappa shape index (κ2) is 14.6. The van der Waals surface area contributed by atoms with Gasteiger partial charge < -0.3 is 23.8 Å². The van der Waals surface area contributed by atoms with Crippen molar-refractivity contribution < 1.29 is 0 Å². The Labute approximate surface area is 422 Å². The summed E-state index contributed by atoms with van der Waals surface area (Å²) >= 11 is 0. The molecule has 13 aromatic rings. The molecule has 4 aliphatic heterocycles. The molecule has 0 radical (unpaired) electrons. The first-order chi connectivity index (χ1) is 36.3. The number of anilines is 9. The molecule has 0 bridgehead atoms. The average molecular weight is 926 g/mol. The van der Waals surface area contributed by atoms with Crippen molar-refractivity contribution >= 4 is 141 Å². The molecule has 4 aliphatic rings. The zero-order chi connectivity index (χ0) is 47.5. The minimum absolute atomic E-state index is 0.00491. The molecule has 11 aromatic carbocycles. The van der Waals surface area contributed by atoms with E-state index in [1.54, 1.807) is 0 Å². The Morgan fingerprint density at radius 2 is 0.712 bits per heavy atom. The molecule has 0 amide bonds. The monoisotopic (exact) mass is 925 g/mol. The number of hydrogen-bond acceptors (Lipinski definition) is 3. The Hall–Kier alpha value is -9.45. The summed E-state index contributed by atoms with van der Waals surface area (Å²) in [5.74, 6) is 0. The Morgan fingerprint density at radius 3 is 1.30 bits per heavy atom. The van der Waals surface area contributed by atoms with Crippen molar-refractivity contribution in [1.29, 1.82) is 0 Å². The van der Waals surface area contributed by atoms with Gasteiger partial charge in [-0.1, -0.05) is 152 Å². The van der Waals surface area contributed by atoms with Crippen LogP contribution in [0.2, 0.25) is 0 Å². The zero-order valence-electron chi connectivity index (χ0n) is 39.6. The van der Waals surface area contributed by atoms with E-state index in [9.17, 15) is 0 Å². The number of rotatable bonds is 5. The van der Waals surface area contributed by atoms with Crippen LogP contribution in [0.5, 0.6) is 0 Å². The summed E-state index contributed by atoms with van der Waals surface area (Å²) in [6.07, 6.45) is 0. The molecule has 2 aromatic heterocycles. The van der Waals surface area contributed by atoms with E-state index >= 15 is 0 Å².